The smallest absolute Gasteiger partial charge is 0.328 e. The lowest BCUT2D eigenvalue weighted by Crippen LogP contribution is -2.40. The molecule has 0 aliphatic rings. The van der Waals surface area contributed by atoms with Gasteiger partial charge in [0.1, 0.15) is 5.54 Å². The molecule has 0 fully saturated rings. The third-order valence-corrected chi connectivity index (χ3v) is 3.45. The number of hydrogen-bond donors (Lipinski definition) is 2. The summed E-state index contributed by atoms with van der Waals surface area (Å²) in [7, 11) is 0. The molecule has 0 aliphatic heterocycles. The zero-order valence-corrected chi connectivity index (χ0v) is 8.78. The number of aliphatic carboxylic acids is 1. The van der Waals surface area contributed by atoms with Gasteiger partial charge < -0.3 is 10.8 Å². The maximum Gasteiger partial charge on any atom is 0.328 e. The van der Waals surface area contributed by atoms with Crippen molar-refractivity contribution in [3.05, 3.63) is 20.8 Å². The molecule has 0 amide bonds. The van der Waals surface area contributed by atoms with Crippen molar-refractivity contribution in [2.24, 2.45) is 5.73 Å². The lowest BCUT2D eigenvalue weighted by molar-refractivity contribution is -0.142. The van der Waals surface area contributed by atoms with Crippen LogP contribution in [0.1, 0.15) is 11.8 Å². The van der Waals surface area contributed by atoms with Gasteiger partial charge in [0.2, 0.25) is 0 Å². The van der Waals surface area contributed by atoms with Gasteiger partial charge in [0.05, 0.1) is 0 Å². The Kier molecular flexibility index (Phi) is 2.55. The Morgan fingerprint density at radius 1 is 1.83 bits per heavy atom. The molecular formula is C7H8BrNO2S. The predicted octanol–water partition coefficient (Wildman–Crippen LogP) is 1.77. The van der Waals surface area contributed by atoms with E-state index in [4.69, 9.17) is 10.8 Å². The maximum atomic E-state index is 10.7. The molecule has 1 aromatic rings. The molecule has 3 nitrogen and oxygen atoms in total. The molecule has 0 saturated heterocycles. The van der Waals surface area contributed by atoms with Gasteiger partial charge in [-0.1, -0.05) is 0 Å². The van der Waals surface area contributed by atoms with Crippen molar-refractivity contribution < 1.29 is 9.90 Å². The first-order valence-electron chi connectivity index (χ1n) is 3.21. The lowest BCUT2D eigenvalue weighted by atomic mass is 10.0. The van der Waals surface area contributed by atoms with Crippen molar-refractivity contribution in [3.8, 4) is 0 Å². The number of rotatable bonds is 2. The van der Waals surface area contributed by atoms with Gasteiger partial charge in [-0.15, -0.1) is 11.3 Å². The Balaban J connectivity index is 3.05. The molecule has 0 spiro atoms. The minimum atomic E-state index is -1.28. The van der Waals surface area contributed by atoms with E-state index in [1.807, 2.05) is 5.38 Å². The van der Waals surface area contributed by atoms with E-state index in [0.29, 0.717) is 4.88 Å². The summed E-state index contributed by atoms with van der Waals surface area (Å²) in [5.74, 6) is -1.02. The number of halogens is 1. The molecule has 12 heavy (non-hydrogen) atoms. The highest BCUT2D eigenvalue weighted by Gasteiger charge is 2.31. The summed E-state index contributed by atoms with van der Waals surface area (Å²) in [5.41, 5.74) is 4.30. The topological polar surface area (TPSA) is 63.3 Å². The number of carbonyl (C=O) groups is 1. The van der Waals surface area contributed by atoms with E-state index in [1.165, 1.54) is 18.3 Å². The Labute approximate surface area is 82.3 Å². The zero-order valence-electron chi connectivity index (χ0n) is 6.37. The summed E-state index contributed by atoms with van der Waals surface area (Å²) in [4.78, 5) is 11.3. The zero-order chi connectivity index (χ0) is 9.35. The van der Waals surface area contributed by atoms with Crippen LogP contribution in [-0.4, -0.2) is 11.1 Å². The quantitative estimate of drug-likeness (QED) is 0.840. The van der Waals surface area contributed by atoms with E-state index in [-0.39, 0.29) is 0 Å². The van der Waals surface area contributed by atoms with Crippen LogP contribution in [0.2, 0.25) is 0 Å². The van der Waals surface area contributed by atoms with Crippen LogP contribution in [0.3, 0.4) is 0 Å². The van der Waals surface area contributed by atoms with Gasteiger partial charge in [-0.25, -0.2) is 4.79 Å². The second-order valence-corrected chi connectivity index (χ2v) is 4.46. The van der Waals surface area contributed by atoms with Crippen LogP contribution >= 0.6 is 27.3 Å². The maximum absolute atomic E-state index is 10.7. The lowest BCUT2D eigenvalue weighted by Gasteiger charge is -2.16. The van der Waals surface area contributed by atoms with Gasteiger partial charge in [-0.3, -0.25) is 0 Å². The van der Waals surface area contributed by atoms with Gasteiger partial charge in [-0.2, -0.15) is 0 Å². The van der Waals surface area contributed by atoms with Crippen LogP contribution in [-0.2, 0) is 10.3 Å². The molecule has 0 saturated carbocycles. The number of thiophene rings is 1. The molecule has 1 rings (SSSR count). The highest BCUT2D eigenvalue weighted by atomic mass is 79.9. The van der Waals surface area contributed by atoms with Gasteiger partial charge in [-0.05, 0) is 28.9 Å². The number of hydrogen-bond acceptors (Lipinski definition) is 3. The van der Waals surface area contributed by atoms with Crippen LogP contribution in [0.4, 0.5) is 0 Å². The van der Waals surface area contributed by atoms with Gasteiger partial charge in [0, 0.05) is 14.7 Å². The van der Waals surface area contributed by atoms with Crippen LogP contribution in [0.25, 0.3) is 0 Å². The second-order valence-electron chi connectivity index (χ2n) is 2.64. The van der Waals surface area contributed by atoms with E-state index in [9.17, 15) is 4.79 Å². The van der Waals surface area contributed by atoms with E-state index in [2.05, 4.69) is 15.9 Å². The van der Waals surface area contributed by atoms with E-state index in [1.54, 1.807) is 6.07 Å². The van der Waals surface area contributed by atoms with E-state index in [0.717, 1.165) is 4.47 Å². The van der Waals surface area contributed by atoms with Crippen molar-refractivity contribution in [1.29, 1.82) is 0 Å². The van der Waals surface area contributed by atoms with Crippen LogP contribution in [0, 0.1) is 0 Å². The summed E-state index contributed by atoms with van der Waals surface area (Å²) < 4.78 is 0.862. The van der Waals surface area contributed by atoms with Crippen molar-refractivity contribution in [3.63, 3.8) is 0 Å². The summed E-state index contributed by atoms with van der Waals surface area (Å²) in [6.45, 7) is 1.48. The van der Waals surface area contributed by atoms with Crippen molar-refractivity contribution in [2.45, 2.75) is 12.5 Å². The minimum absolute atomic E-state index is 0.641. The largest absolute Gasteiger partial charge is 0.480 e. The second kappa shape index (κ2) is 3.16. The highest BCUT2D eigenvalue weighted by molar-refractivity contribution is 9.10. The van der Waals surface area contributed by atoms with Gasteiger partial charge in [0.15, 0.2) is 0 Å². The number of nitrogens with two attached hydrogens (primary N) is 1. The highest BCUT2D eigenvalue weighted by Crippen LogP contribution is 2.28. The van der Waals surface area contributed by atoms with Crippen molar-refractivity contribution in [1.82, 2.24) is 0 Å². The Hall–Kier alpha value is -0.390. The monoisotopic (exact) mass is 249 g/mol. The van der Waals surface area contributed by atoms with Gasteiger partial charge in [0.25, 0.3) is 0 Å². The van der Waals surface area contributed by atoms with E-state index < -0.39 is 11.5 Å². The average molecular weight is 250 g/mol. The molecule has 0 aliphatic carbocycles. The molecular weight excluding hydrogens is 242 g/mol. The third kappa shape index (κ3) is 1.68. The molecule has 0 bridgehead atoms. The number of carboxylic acids is 1. The summed E-state index contributed by atoms with van der Waals surface area (Å²) in [6, 6.07) is 1.72. The van der Waals surface area contributed by atoms with Gasteiger partial charge >= 0.3 is 5.97 Å². The summed E-state index contributed by atoms with van der Waals surface area (Å²) in [5, 5.41) is 10.6. The molecule has 1 heterocycles. The minimum Gasteiger partial charge on any atom is -0.480 e. The molecule has 1 aromatic heterocycles. The first-order valence-corrected chi connectivity index (χ1v) is 4.88. The van der Waals surface area contributed by atoms with Crippen molar-refractivity contribution >= 4 is 33.2 Å². The van der Waals surface area contributed by atoms with Crippen molar-refractivity contribution in [2.75, 3.05) is 0 Å². The molecule has 0 aromatic carbocycles. The Morgan fingerprint density at radius 2 is 2.42 bits per heavy atom. The normalized spacial score (nSPS) is 15.6. The summed E-state index contributed by atoms with van der Waals surface area (Å²) in [6.07, 6.45) is 0. The fraction of sp³-hybridized carbons (Fsp3) is 0.286. The Morgan fingerprint density at radius 3 is 2.75 bits per heavy atom. The van der Waals surface area contributed by atoms with Crippen LogP contribution in [0.15, 0.2) is 15.9 Å². The molecule has 5 heteroatoms. The molecule has 0 radical (unpaired) electrons. The molecule has 1 atom stereocenters. The SMILES string of the molecule is C[C@@](N)(C(=O)O)c1cc(Br)cs1. The fourth-order valence-electron chi connectivity index (χ4n) is 0.691. The fourth-order valence-corrected chi connectivity index (χ4v) is 2.19. The molecule has 3 N–H and O–H groups in total. The van der Waals surface area contributed by atoms with Crippen LogP contribution in [0.5, 0.6) is 0 Å². The molecule has 66 valence electrons. The standard InChI is InChI=1S/C7H8BrNO2S/c1-7(9,6(10)11)5-2-4(8)3-12-5/h2-3H,9H2,1H3,(H,10,11)/t7-/m0/s1. The molecule has 0 unspecified atom stereocenters. The predicted molar refractivity (Wildman–Crippen MR) is 51.2 cm³/mol. The van der Waals surface area contributed by atoms with E-state index >= 15 is 0 Å². The first kappa shape index (κ1) is 9.70. The third-order valence-electron chi connectivity index (χ3n) is 1.52. The summed E-state index contributed by atoms with van der Waals surface area (Å²) >= 11 is 4.57. The Bertz CT molecular complexity index is 308. The number of carboxylic acid groups (broad SMARTS) is 1. The first-order chi connectivity index (χ1) is 5.44. The average Bonchev–Trinajstić information content (AvgIpc) is 2.35. The van der Waals surface area contributed by atoms with Crippen LogP contribution < -0.4 is 5.73 Å².